The molecular formula is C16H14ClNS. The first-order valence-electron chi connectivity index (χ1n) is 6.20. The van der Waals surface area contributed by atoms with Crippen molar-refractivity contribution in [2.75, 3.05) is 0 Å². The topological polar surface area (TPSA) is 26.0 Å². The molecule has 96 valence electrons. The Morgan fingerprint density at radius 1 is 1.05 bits per heavy atom. The van der Waals surface area contributed by atoms with Crippen LogP contribution < -0.4 is 5.73 Å². The molecule has 2 aromatic carbocycles. The Bertz CT molecular complexity index is 687. The predicted octanol–water partition coefficient (Wildman–Crippen LogP) is 4.80. The van der Waals surface area contributed by atoms with Crippen LogP contribution >= 0.6 is 22.9 Å². The highest BCUT2D eigenvalue weighted by atomic mass is 35.5. The average Bonchev–Trinajstić information content (AvgIpc) is 2.83. The molecule has 1 heterocycles. The van der Waals surface area contributed by atoms with E-state index in [4.69, 9.17) is 17.3 Å². The summed E-state index contributed by atoms with van der Waals surface area (Å²) in [6.07, 6.45) is 0.853. The second-order valence-electron chi connectivity index (χ2n) is 4.62. The van der Waals surface area contributed by atoms with Gasteiger partial charge in [0, 0.05) is 15.8 Å². The first-order chi connectivity index (χ1) is 9.24. The number of fused-ring (bicyclic) bond motifs is 1. The average molecular weight is 288 g/mol. The summed E-state index contributed by atoms with van der Waals surface area (Å²) in [6.45, 7) is 0. The van der Waals surface area contributed by atoms with Crippen molar-refractivity contribution in [1.82, 2.24) is 0 Å². The van der Waals surface area contributed by atoms with Crippen molar-refractivity contribution in [2.24, 2.45) is 5.73 Å². The predicted molar refractivity (Wildman–Crippen MR) is 83.9 cm³/mol. The van der Waals surface area contributed by atoms with Crippen LogP contribution in [-0.4, -0.2) is 0 Å². The Kier molecular flexibility index (Phi) is 3.56. The van der Waals surface area contributed by atoms with E-state index in [0.29, 0.717) is 0 Å². The van der Waals surface area contributed by atoms with E-state index in [9.17, 15) is 0 Å². The summed E-state index contributed by atoms with van der Waals surface area (Å²) in [4.78, 5) is 0. The lowest BCUT2D eigenvalue weighted by Gasteiger charge is -2.11. The van der Waals surface area contributed by atoms with Crippen LogP contribution in [-0.2, 0) is 6.42 Å². The lowest BCUT2D eigenvalue weighted by atomic mass is 9.99. The molecule has 2 N–H and O–H groups in total. The molecular weight excluding hydrogens is 274 g/mol. The van der Waals surface area contributed by atoms with Gasteiger partial charge in [-0.1, -0.05) is 41.9 Å². The lowest BCUT2D eigenvalue weighted by Crippen LogP contribution is -2.12. The zero-order valence-corrected chi connectivity index (χ0v) is 11.9. The molecule has 0 amide bonds. The van der Waals surface area contributed by atoms with Crippen molar-refractivity contribution in [2.45, 2.75) is 12.5 Å². The third-order valence-electron chi connectivity index (χ3n) is 3.30. The maximum atomic E-state index is 6.29. The summed E-state index contributed by atoms with van der Waals surface area (Å²) in [6, 6.07) is 16.3. The minimum absolute atomic E-state index is 0.00951. The molecule has 19 heavy (non-hydrogen) atoms. The summed E-state index contributed by atoms with van der Waals surface area (Å²) in [5.41, 5.74) is 8.74. The quantitative estimate of drug-likeness (QED) is 0.736. The van der Waals surface area contributed by atoms with Gasteiger partial charge in [0.1, 0.15) is 0 Å². The molecule has 0 aliphatic heterocycles. The number of hydrogen-bond acceptors (Lipinski definition) is 2. The van der Waals surface area contributed by atoms with Crippen LogP contribution in [0.3, 0.4) is 0 Å². The second kappa shape index (κ2) is 5.33. The Morgan fingerprint density at radius 3 is 2.58 bits per heavy atom. The molecule has 3 rings (SSSR count). The number of nitrogens with two attached hydrogens (primary N) is 1. The molecule has 0 saturated carbocycles. The van der Waals surface area contributed by atoms with Gasteiger partial charge in [-0.2, -0.15) is 0 Å². The summed E-state index contributed by atoms with van der Waals surface area (Å²) >= 11 is 7.67. The zero-order chi connectivity index (χ0) is 13.2. The third-order valence-corrected chi connectivity index (χ3v) is 4.56. The Balaban J connectivity index is 1.86. The van der Waals surface area contributed by atoms with Gasteiger partial charge in [0.25, 0.3) is 0 Å². The normalized spacial score (nSPS) is 12.7. The summed E-state index contributed by atoms with van der Waals surface area (Å²) in [5, 5.41) is 4.27. The highest BCUT2D eigenvalue weighted by Crippen LogP contribution is 2.29. The van der Waals surface area contributed by atoms with Crippen LogP contribution in [0.5, 0.6) is 0 Å². The summed E-state index contributed by atoms with van der Waals surface area (Å²) < 4.78 is 1.32. The minimum Gasteiger partial charge on any atom is -0.324 e. The number of rotatable bonds is 3. The smallest absolute Gasteiger partial charge is 0.0406 e. The standard InChI is InChI=1S/C16H14ClNS/c17-13-7-5-11(6-8-13)15(18)9-12-10-19-16-4-2-1-3-14(12)16/h1-8,10,15H,9,18H2. The van der Waals surface area contributed by atoms with Crippen molar-refractivity contribution in [3.8, 4) is 0 Å². The number of benzene rings is 2. The molecule has 0 aliphatic carbocycles. The minimum atomic E-state index is 0.00951. The van der Waals surface area contributed by atoms with Crippen molar-refractivity contribution >= 4 is 33.0 Å². The fourth-order valence-electron chi connectivity index (χ4n) is 2.26. The van der Waals surface area contributed by atoms with Crippen LogP contribution in [0, 0.1) is 0 Å². The third kappa shape index (κ3) is 2.66. The van der Waals surface area contributed by atoms with Gasteiger partial charge in [-0.15, -0.1) is 11.3 Å². The van der Waals surface area contributed by atoms with E-state index < -0.39 is 0 Å². The van der Waals surface area contributed by atoms with Gasteiger partial charge < -0.3 is 5.73 Å². The van der Waals surface area contributed by atoms with E-state index in [1.165, 1.54) is 15.6 Å². The van der Waals surface area contributed by atoms with Gasteiger partial charge in [-0.3, -0.25) is 0 Å². The monoisotopic (exact) mass is 287 g/mol. The van der Waals surface area contributed by atoms with Crippen molar-refractivity contribution in [1.29, 1.82) is 0 Å². The molecule has 0 saturated heterocycles. The van der Waals surface area contributed by atoms with Gasteiger partial charge in [0.2, 0.25) is 0 Å². The van der Waals surface area contributed by atoms with Gasteiger partial charge in [-0.05, 0) is 46.5 Å². The molecule has 3 aromatic rings. The SMILES string of the molecule is NC(Cc1csc2ccccc12)c1ccc(Cl)cc1. The Morgan fingerprint density at radius 2 is 1.79 bits per heavy atom. The Hall–Kier alpha value is -1.35. The molecule has 0 radical (unpaired) electrons. The van der Waals surface area contributed by atoms with Crippen LogP contribution in [0.15, 0.2) is 53.9 Å². The molecule has 0 spiro atoms. The lowest BCUT2D eigenvalue weighted by molar-refractivity contribution is 0.727. The highest BCUT2D eigenvalue weighted by Gasteiger charge is 2.10. The molecule has 0 bridgehead atoms. The fourth-order valence-corrected chi connectivity index (χ4v) is 3.36. The van der Waals surface area contributed by atoms with Crippen LogP contribution in [0.4, 0.5) is 0 Å². The largest absolute Gasteiger partial charge is 0.324 e. The van der Waals surface area contributed by atoms with Crippen molar-refractivity contribution in [3.63, 3.8) is 0 Å². The van der Waals surface area contributed by atoms with E-state index in [-0.39, 0.29) is 6.04 Å². The highest BCUT2D eigenvalue weighted by molar-refractivity contribution is 7.17. The van der Waals surface area contributed by atoms with E-state index in [1.807, 2.05) is 24.3 Å². The maximum Gasteiger partial charge on any atom is 0.0406 e. The second-order valence-corrected chi connectivity index (χ2v) is 5.97. The number of thiophene rings is 1. The number of hydrogen-bond donors (Lipinski definition) is 1. The first kappa shape index (κ1) is 12.7. The van der Waals surface area contributed by atoms with E-state index in [2.05, 4.69) is 29.6 Å². The van der Waals surface area contributed by atoms with Crippen molar-refractivity contribution in [3.05, 3.63) is 70.1 Å². The van der Waals surface area contributed by atoms with Gasteiger partial charge in [-0.25, -0.2) is 0 Å². The molecule has 1 aromatic heterocycles. The summed E-state index contributed by atoms with van der Waals surface area (Å²) in [7, 11) is 0. The fraction of sp³-hybridized carbons (Fsp3) is 0.125. The van der Waals surface area contributed by atoms with E-state index in [0.717, 1.165) is 17.0 Å². The van der Waals surface area contributed by atoms with E-state index >= 15 is 0 Å². The van der Waals surface area contributed by atoms with E-state index in [1.54, 1.807) is 11.3 Å². The molecule has 3 heteroatoms. The molecule has 0 fully saturated rings. The molecule has 0 aliphatic rings. The van der Waals surface area contributed by atoms with Crippen LogP contribution in [0.2, 0.25) is 5.02 Å². The summed E-state index contributed by atoms with van der Waals surface area (Å²) in [5.74, 6) is 0. The van der Waals surface area contributed by atoms with Crippen LogP contribution in [0.1, 0.15) is 17.2 Å². The zero-order valence-electron chi connectivity index (χ0n) is 10.3. The van der Waals surface area contributed by atoms with Crippen molar-refractivity contribution < 1.29 is 0 Å². The number of halogens is 1. The van der Waals surface area contributed by atoms with Gasteiger partial charge in [0.15, 0.2) is 0 Å². The maximum absolute atomic E-state index is 6.29. The van der Waals surface area contributed by atoms with Gasteiger partial charge in [0.05, 0.1) is 0 Å². The first-order valence-corrected chi connectivity index (χ1v) is 7.46. The van der Waals surface area contributed by atoms with Gasteiger partial charge >= 0.3 is 0 Å². The molecule has 1 atom stereocenters. The Labute approximate surface area is 121 Å². The molecule has 1 nitrogen and oxygen atoms in total. The van der Waals surface area contributed by atoms with Crippen LogP contribution in [0.25, 0.3) is 10.1 Å². The molecule has 1 unspecified atom stereocenters.